The van der Waals surface area contributed by atoms with E-state index in [4.69, 9.17) is 9.47 Å². The molecule has 1 unspecified atom stereocenters. The molecule has 0 bridgehead atoms. The molecular weight excluding hydrogens is 266 g/mol. The molecule has 0 saturated carbocycles. The van der Waals surface area contributed by atoms with Gasteiger partial charge in [-0.2, -0.15) is 0 Å². The van der Waals surface area contributed by atoms with Gasteiger partial charge in [0, 0.05) is 0 Å². The van der Waals surface area contributed by atoms with Crippen LogP contribution < -0.4 is 10.1 Å². The maximum Gasteiger partial charge on any atom is 0.325 e. The number of ether oxygens (including phenoxy) is 2. The van der Waals surface area contributed by atoms with E-state index in [1.54, 1.807) is 7.05 Å². The predicted octanol–water partition coefficient (Wildman–Crippen LogP) is 2.92. The third-order valence-electron chi connectivity index (χ3n) is 3.86. The summed E-state index contributed by atoms with van der Waals surface area (Å²) in [5.41, 5.74) is 2.88. The molecule has 0 aliphatic heterocycles. The van der Waals surface area contributed by atoms with Gasteiger partial charge in [-0.25, -0.2) is 0 Å². The molecule has 1 rings (SSSR count). The molecule has 1 aromatic carbocycles. The van der Waals surface area contributed by atoms with Gasteiger partial charge in [-0.3, -0.25) is 4.79 Å². The minimum atomic E-state index is -0.657. The summed E-state index contributed by atoms with van der Waals surface area (Å²) in [6.45, 7) is 8.63. The number of aryl methyl sites for hydroxylation is 3. The van der Waals surface area contributed by atoms with Crippen LogP contribution in [0.1, 0.15) is 36.5 Å². The van der Waals surface area contributed by atoms with Crippen LogP contribution in [0.15, 0.2) is 12.1 Å². The maximum atomic E-state index is 11.7. The van der Waals surface area contributed by atoms with Crippen LogP contribution in [-0.2, 0) is 9.53 Å². The highest BCUT2D eigenvalue weighted by atomic mass is 16.5. The van der Waals surface area contributed by atoms with Gasteiger partial charge in [0.15, 0.2) is 0 Å². The van der Waals surface area contributed by atoms with Gasteiger partial charge in [-0.15, -0.1) is 0 Å². The molecule has 118 valence electrons. The molecule has 0 amide bonds. The Labute approximate surface area is 127 Å². The number of hydrogen-bond acceptors (Lipinski definition) is 4. The number of rotatable bonds is 7. The van der Waals surface area contributed by atoms with Gasteiger partial charge >= 0.3 is 5.97 Å². The molecular formula is C17H27NO3. The largest absolute Gasteiger partial charge is 0.493 e. The molecule has 0 fully saturated rings. The molecule has 1 N–H and O–H groups in total. The third kappa shape index (κ3) is 4.46. The average Bonchev–Trinajstić information content (AvgIpc) is 2.44. The molecule has 0 aliphatic rings. The Bertz CT molecular complexity index is 476. The summed E-state index contributed by atoms with van der Waals surface area (Å²) in [4.78, 5) is 11.7. The highest BCUT2D eigenvalue weighted by Crippen LogP contribution is 2.25. The van der Waals surface area contributed by atoms with Crippen molar-refractivity contribution in [2.45, 2.75) is 46.1 Å². The lowest BCUT2D eigenvalue weighted by Crippen LogP contribution is -2.48. The first kappa shape index (κ1) is 17.5. The molecule has 0 spiro atoms. The Kier molecular flexibility index (Phi) is 6.21. The fourth-order valence-corrected chi connectivity index (χ4v) is 2.55. The molecule has 4 heteroatoms. The van der Waals surface area contributed by atoms with E-state index < -0.39 is 5.54 Å². The van der Waals surface area contributed by atoms with E-state index in [0.717, 1.165) is 23.3 Å². The van der Waals surface area contributed by atoms with E-state index in [9.17, 15) is 4.79 Å². The number of nitrogens with one attached hydrogen (secondary N) is 1. The molecule has 1 atom stereocenters. The summed E-state index contributed by atoms with van der Waals surface area (Å²) >= 11 is 0. The van der Waals surface area contributed by atoms with Crippen molar-refractivity contribution in [1.82, 2.24) is 5.32 Å². The zero-order valence-electron chi connectivity index (χ0n) is 14.0. The average molecular weight is 293 g/mol. The minimum Gasteiger partial charge on any atom is -0.493 e. The van der Waals surface area contributed by atoms with Crippen LogP contribution in [0.2, 0.25) is 0 Å². The smallest absolute Gasteiger partial charge is 0.325 e. The van der Waals surface area contributed by atoms with Gasteiger partial charge in [0.25, 0.3) is 0 Å². The number of esters is 1. The molecule has 0 aromatic heterocycles. The van der Waals surface area contributed by atoms with Crippen LogP contribution >= 0.6 is 0 Å². The molecule has 0 heterocycles. The second-order valence-electron chi connectivity index (χ2n) is 5.75. The van der Waals surface area contributed by atoms with Crippen molar-refractivity contribution < 1.29 is 14.3 Å². The van der Waals surface area contributed by atoms with Crippen molar-refractivity contribution in [2.75, 3.05) is 20.8 Å². The van der Waals surface area contributed by atoms with Gasteiger partial charge in [0.2, 0.25) is 0 Å². The quantitative estimate of drug-likeness (QED) is 0.620. The SMILES string of the molecule is CNC(C)(CCCOc1c(C)cc(C)cc1C)C(=O)OC. The molecule has 0 saturated heterocycles. The van der Waals surface area contributed by atoms with Crippen molar-refractivity contribution in [2.24, 2.45) is 0 Å². The highest BCUT2D eigenvalue weighted by molar-refractivity contribution is 5.80. The summed E-state index contributed by atoms with van der Waals surface area (Å²) in [5, 5.41) is 3.03. The number of carbonyl (C=O) groups is 1. The van der Waals surface area contributed by atoms with Crippen molar-refractivity contribution >= 4 is 5.97 Å². The third-order valence-corrected chi connectivity index (χ3v) is 3.86. The van der Waals surface area contributed by atoms with Gasteiger partial charge in [0.1, 0.15) is 11.3 Å². The lowest BCUT2D eigenvalue weighted by atomic mass is 9.96. The molecule has 4 nitrogen and oxygen atoms in total. The fourth-order valence-electron chi connectivity index (χ4n) is 2.55. The normalized spacial score (nSPS) is 13.6. The molecule has 0 radical (unpaired) electrons. The lowest BCUT2D eigenvalue weighted by Gasteiger charge is -2.26. The second kappa shape index (κ2) is 7.46. The number of likely N-dealkylation sites (N-methyl/N-ethyl adjacent to an activating group) is 1. The monoisotopic (exact) mass is 293 g/mol. The van der Waals surface area contributed by atoms with Crippen LogP contribution in [0, 0.1) is 20.8 Å². The van der Waals surface area contributed by atoms with E-state index in [-0.39, 0.29) is 5.97 Å². The minimum absolute atomic E-state index is 0.243. The van der Waals surface area contributed by atoms with Crippen molar-refractivity contribution in [3.8, 4) is 5.75 Å². The highest BCUT2D eigenvalue weighted by Gasteiger charge is 2.31. The molecule has 1 aromatic rings. The summed E-state index contributed by atoms with van der Waals surface area (Å²) < 4.78 is 10.7. The van der Waals surface area contributed by atoms with E-state index in [0.29, 0.717) is 13.0 Å². The van der Waals surface area contributed by atoms with Crippen molar-refractivity contribution in [1.29, 1.82) is 0 Å². The van der Waals surface area contributed by atoms with Gasteiger partial charge in [-0.05, 0) is 58.7 Å². The number of hydrogen-bond donors (Lipinski definition) is 1. The number of carbonyl (C=O) groups excluding carboxylic acids is 1. The summed E-state index contributed by atoms with van der Waals surface area (Å²) in [7, 11) is 3.18. The van der Waals surface area contributed by atoms with Crippen LogP contribution in [0.25, 0.3) is 0 Å². The number of methoxy groups -OCH3 is 1. The fraction of sp³-hybridized carbons (Fsp3) is 0.588. The summed E-state index contributed by atoms with van der Waals surface area (Å²) in [5.74, 6) is 0.706. The number of benzene rings is 1. The molecule has 21 heavy (non-hydrogen) atoms. The van der Waals surface area contributed by atoms with Gasteiger partial charge < -0.3 is 14.8 Å². The van der Waals surface area contributed by atoms with Crippen LogP contribution in [-0.4, -0.2) is 32.3 Å². The first-order chi connectivity index (χ1) is 9.84. The van der Waals surface area contributed by atoms with Crippen molar-refractivity contribution in [3.63, 3.8) is 0 Å². The summed E-state index contributed by atoms with van der Waals surface area (Å²) in [6.07, 6.45) is 1.44. The standard InChI is InChI=1S/C17H27NO3/c1-12-10-13(2)15(14(3)11-12)21-9-7-8-17(4,18-5)16(19)20-6/h10-11,18H,7-9H2,1-6H3. The van der Waals surface area contributed by atoms with E-state index in [2.05, 4.69) is 38.2 Å². The zero-order chi connectivity index (χ0) is 16.0. The predicted molar refractivity (Wildman–Crippen MR) is 84.9 cm³/mol. The zero-order valence-corrected chi connectivity index (χ0v) is 14.0. The Hall–Kier alpha value is -1.55. The maximum absolute atomic E-state index is 11.7. The Morgan fingerprint density at radius 1 is 1.24 bits per heavy atom. The Morgan fingerprint density at radius 3 is 2.29 bits per heavy atom. The van der Waals surface area contributed by atoms with E-state index >= 15 is 0 Å². The van der Waals surface area contributed by atoms with Crippen LogP contribution in [0.5, 0.6) is 5.75 Å². The topological polar surface area (TPSA) is 47.6 Å². The Balaban J connectivity index is 2.57. The Morgan fingerprint density at radius 2 is 1.81 bits per heavy atom. The van der Waals surface area contributed by atoms with Crippen LogP contribution in [0.3, 0.4) is 0 Å². The first-order valence-corrected chi connectivity index (χ1v) is 7.32. The lowest BCUT2D eigenvalue weighted by molar-refractivity contribution is -0.148. The van der Waals surface area contributed by atoms with E-state index in [1.807, 2.05) is 6.92 Å². The first-order valence-electron chi connectivity index (χ1n) is 7.32. The summed E-state index contributed by atoms with van der Waals surface area (Å²) in [6, 6.07) is 4.24. The second-order valence-corrected chi connectivity index (χ2v) is 5.75. The van der Waals surface area contributed by atoms with Gasteiger partial charge in [-0.1, -0.05) is 17.7 Å². The van der Waals surface area contributed by atoms with Crippen molar-refractivity contribution in [3.05, 3.63) is 28.8 Å². The molecule has 0 aliphatic carbocycles. The van der Waals surface area contributed by atoms with Crippen LogP contribution in [0.4, 0.5) is 0 Å². The van der Waals surface area contributed by atoms with Gasteiger partial charge in [0.05, 0.1) is 13.7 Å². The van der Waals surface area contributed by atoms with E-state index in [1.165, 1.54) is 12.7 Å².